The number of halogens is 1. The van der Waals surface area contributed by atoms with Crippen LogP contribution in [0.2, 0.25) is 0 Å². The van der Waals surface area contributed by atoms with Gasteiger partial charge in [-0.2, -0.15) is 0 Å². The summed E-state index contributed by atoms with van der Waals surface area (Å²) in [4.78, 5) is 14.7. The molecular weight excluding hydrogens is 377 g/mol. The third-order valence-electron chi connectivity index (χ3n) is 4.66. The highest BCUT2D eigenvalue weighted by atomic mass is 19.1. The molecule has 2 aromatic carbocycles. The normalized spacial score (nSPS) is 16.5. The molecule has 6 nitrogen and oxygen atoms in total. The van der Waals surface area contributed by atoms with Crippen LogP contribution in [0.25, 0.3) is 0 Å². The molecule has 0 aromatic heterocycles. The lowest BCUT2D eigenvalue weighted by molar-refractivity contribution is -0.0650. The van der Waals surface area contributed by atoms with Crippen molar-refractivity contribution in [2.45, 2.75) is 19.6 Å². The van der Waals surface area contributed by atoms with E-state index >= 15 is 0 Å². The van der Waals surface area contributed by atoms with E-state index in [-0.39, 0.29) is 31.0 Å². The summed E-state index contributed by atoms with van der Waals surface area (Å²) in [7, 11) is 1.56. The van der Waals surface area contributed by atoms with Gasteiger partial charge in [-0.1, -0.05) is 18.2 Å². The summed E-state index contributed by atoms with van der Waals surface area (Å²) in [6, 6.07) is 11.7. The SMILES string of the molecule is CCOc1cc(C(=O)N2CCOC(COCc3ccccc3F)C2)ccc1OC. The van der Waals surface area contributed by atoms with Crippen molar-refractivity contribution >= 4 is 5.91 Å². The Hall–Kier alpha value is -2.64. The Morgan fingerprint density at radius 1 is 1.24 bits per heavy atom. The number of morpholine rings is 1. The molecule has 7 heteroatoms. The quantitative estimate of drug-likeness (QED) is 0.677. The lowest BCUT2D eigenvalue weighted by Crippen LogP contribution is -2.47. The van der Waals surface area contributed by atoms with E-state index in [1.807, 2.05) is 6.92 Å². The molecule has 2 aromatic rings. The van der Waals surface area contributed by atoms with E-state index in [4.69, 9.17) is 18.9 Å². The van der Waals surface area contributed by atoms with Gasteiger partial charge in [0.2, 0.25) is 0 Å². The molecule has 0 radical (unpaired) electrons. The van der Waals surface area contributed by atoms with E-state index in [1.165, 1.54) is 6.07 Å². The van der Waals surface area contributed by atoms with E-state index in [2.05, 4.69) is 0 Å². The van der Waals surface area contributed by atoms with Gasteiger partial charge in [0.1, 0.15) is 5.82 Å². The minimum atomic E-state index is -0.293. The fourth-order valence-electron chi connectivity index (χ4n) is 3.18. The van der Waals surface area contributed by atoms with Crippen LogP contribution in [0.3, 0.4) is 0 Å². The number of methoxy groups -OCH3 is 1. The molecule has 1 unspecified atom stereocenters. The van der Waals surface area contributed by atoms with Crippen LogP contribution in [-0.4, -0.2) is 56.9 Å². The van der Waals surface area contributed by atoms with E-state index < -0.39 is 0 Å². The van der Waals surface area contributed by atoms with Crippen molar-refractivity contribution in [2.24, 2.45) is 0 Å². The standard InChI is InChI=1S/C22H26FNO5/c1-3-28-21-12-16(8-9-20(21)26-2)22(25)24-10-11-29-18(13-24)15-27-14-17-6-4-5-7-19(17)23/h4-9,12,18H,3,10-11,13-15H2,1-2H3. The highest BCUT2D eigenvalue weighted by Crippen LogP contribution is 2.28. The number of benzene rings is 2. The van der Waals surface area contributed by atoms with Crippen LogP contribution < -0.4 is 9.47 Å². The summed E-state index contributed by atoms with van der Waals surface area (Å²) in [5.74, 6) is 0.734. The van der Waals surface area contributed by atoms with Gasteiger partial charge in [-0.15, -0.1) is 0 Å². The van der Waals surface area contributed by atoms with E-state index in [1.54, 1.807) is 48.4 Å². The third-order valence-corrected chi connectivity index (χ3v) is 4.66. The summed E-state index contributed by atoms with van der Waals surface area (Å²) in [5.41, 5.74) is 1.03. The summed E-state index contributed by atoms with van der Waals surface area (Å²) in [6.45, 7) is 4.13. The molecule has 0 saturated carbocycles. The zero-order chi connectivity index (χ0) is 20.6. The molecule has 0 N–H and O–H groups in total. The second-order valence-corrected chi connectivity index (χ2v) is 6.65. The molecule has 1 aliphatic heterocycles. The number of ether oxygens (including phenoxy) is 4. The van der Waals surface area contributed by atoms with E-state index in [0.717, 1.165) is 0 Å². The topological polar surface area (TPSA) is 57.2 Å². The summed E-state index contributed by atoms with van der Waals surface area (Å²) < 4.78 is 35.8. The number of hydrogen-bond donors (Lipinski definition) is 0. The first-order chi connectivity index (χ1) is 14.1. The van der Waals surface area contributed by atoms with Crippen molar-refractivity contribution in [2.75, 3.05) is 40.0 Å². The van der Waals surface area contributed by atoms with Crippen molar-refractivity contribution in [1.82, 2.24) is 4.90 Å². The van der Waals surface area contributed by atoms with Gasteiger partial charge in [-0.05, 0) is 31.2 Å². The molecule has 3 rings (SSSR count). The van der Waals surface area contributed by atoms with Crippen LogP contribution in [0.1, 0.15) is 22.8 Å². The maximum absolute atomic E-state index is 13.7. The molecule has 156 valence electrons. The lowest BCUT2D eigenvalue weighted by atomic mass is 10.1. The van der Waals surface area contributed by atoms with Gasteiger partial charge in [0.15, 0.2) is 11.5 Å². The molecule has 1 aliphatic rings. The fourth-order valence-corrected chi connectivity index (χ4v) is 3.18. The Kier molecular flexibility index (Phi) is 7.43. The van der Waals surface area contributed by atoms with E-state index in [0.29, 0.717) is 48.9 Å². The smallest absolute Gasteiger partial charge is 0.254 e. The molecule has 1 atom stereocenters. The first kappa shape index (κ1) is 21.1. The van der Waals surface area contributed by atoms with Gasteiger partial charge in [-0.25, -0.2) is 4.39 Å². The number of nitrogens with zero attached hydrogens (tertiary/aromatic N) is 1. The van der Waals surface area contributed by atoms with Crippen LogP contribution in [0.4, 0.5) is 4.39 Å². The molecule has 0 spiro atoms. The second kappa shape index (κ2) is 10.2. The molecule has 1 fully saturated rings. The Bertz CT molecular complexity index is 829. The maximum atomic E-state index is 13.7. The second-order valence-electron chi connectivity index (χ2n) is 6.65. The number of carbonyl (C=O) groups is 1. The summed E-state index contributed by atoms with van der Waals surface area (Å²) in [5, 5.41) is 0. The zero-order valence-electron chi connectivity index (χ0n) is 16.7. The predicted octanol–water partition coefficient (Wildman–Crippen LogP) is 3.29. The number of hydrogen-bond acceptors (Lipinski definition) is 5. The zero-order valence-corrected chi connectivity index (χ0v) is 16.7. The molecule has 29 heavy (non-hydrogen) atoms. The maximum Gasteiger partial charge on any atom is 0.254 e. The molecule has 0 bridgehead atoms. The summed E-state index contributed by atoms with van der Waals surface area (Å²) >= 11 is 0. The highest BCUT2D eigenvalue weighted by Gasteiger charge is 2.26. The molecule has 1 heterocycles. The van der Waals surface area contributed by atoms with Gasteiger partial charge < -0.3 is 23.8 Å². The molecule has 0 aliphatic carbocycles. The minimum absolute atomic E-state index is 0.101. The highest BCUT2D eigenvalue weighted by molar-refractivity contribution is 5.95. The fraction of sp³-hybridized carbons (Fsp3) is 0.409. The molecular formula is C22H26FNO5. The van der Waals surface area contributed by atoms with Crippen molar-refractivity contribution < 1.29 is 28.1 Å². The number of carbonyl (C=O) groups excluding carboxylic acids is 1. The number of rotatable bonds is 8. The van der Waals surface area contributed by atoms with Crippen LogP contribution >= 0.6 is 0 Å². The monoisotopic (exact) mass is 403 g/mol. The average molecular weight is 403 g/mol. The van der Waals surface area contributed by atoms with Crippen LogP contribution in [-0.2, 0) is 16.1 Å². The van der Waals surface area contributed by atoms with Crippen LogP contribution in [0.5, 0.6) is 11.5 Å². The van der Waals surface area contributed by atoms with Gasteiger partial charge in [0.25, 0.3) is 5.91 Å². The Morgan fingerprint density at radius 2 is 2.07 bits per heavy atom. The van der Waals surface area contributed by atoms with Crippen LogP contribution in [0, 0.1) is 5.82 Å². The minimum Gasteiger partial charge on any atom is -0.493 e. The molecule has 1 saturated heterocycles. The molecule has 1 amide bonds. The Morgan fingerprint density at radius 3 is 2.83 bits per heavy atom. The van der Waals surface area contributed by atoms with E-state index in [9.17, 15) is 9.18 Å². The van der Waals surface area contributed by atoms with Crippen LogP contribution in [0.15, 0.2) is 42.5 Å². The average Bonchev–Trinajstić information content (AvgIpc) is 2.75. The predicted molar refractivity (Wildman–Crippen MR) is 106 cm³/mol. The first-order valence-electron chi connectivity index (χ1n) is 9.65. The lowest BCUT2D eigenvalue weighted by Gasteiger charge is -2.33. The first-order valence-corrected chi connectivity index (χ1v) is 9.65. The Labute approximate surface area is 170 Å². The van der Waals surface area contributed by atoms with Gasteiger partial charge >= 0.3 is 0 Å². The van der Waals surface area contributed by atoms with Gasteiger partial charge in [0.05, 0.1) is 39.6 Å². The van der Waals surface area contributed by atoms with Crippen molar-refractivity contribution in [3.63, 3.8) is 0 Å². The third kappa shape index (κ3) is 5.46. The largest absolute Gasteiger partial charge is 0.493 e. The number of amides is 1. The summed E-state index contributed by atoms with van der Waals surface area (Å²) in [6.07, 6.45) is -0.260. The van der Waals surface area contributed by atoms with Gasteiger partial charge in [0, 0.05) is 24.2 Å². The van der Waals surface area contributed by atoms with Crippen molar-refractivity contribution in [1.29, 1.82) is 0 Å². The Balaban J connectivity index is 1.58. The van der Waals surface area contributed by atoms with Crippen molar-refractivity contribution in [3.05, 3.63) is 59.4 Å². The van der Waals surface area contributed by atoms with Gasteiger partial charge in [-0.3, -0.25) is 4.79 Å². The van der Waals surface area contributed by atoms with Crippen molar-refractivity contribution in [3.8, 4) is 11.5 Å².